The van der Waals surface area contributed by atoms with Crippen LogP contribution in [0.5, 0.6) is 5.75 Å². The maximum atomic E-state index is 5.56. The second-order valence-electron chi connectivity index (χ2n) is 3.08. The molecule has 1 aromatic rings. The van der Waals surface area contributed by atoms with Gasteiger partial charge in [0.2, 0.25) is 0 Å². The summed E-state index contributed by atoms with van der Waals surface area (Å²) >= 11 is 1.97. The molecule has 12 heavy (non-hydrogen) atoms. The first-order valence-corrected chi connectivity index (χ1v) is 5.20. The first-order valence-electron chi connectivity index (χ1n) is 4.16. The van der Waals surface area contributed by atoms with Gasteiger partial charge in [-0.2, -0.15) is 11.8 Å². The molecule has 1 aliphatic heterocycles. The number of benzene rings is 1. The lowest BCUT2D eigenvalue weighted by atomic mass is 10.2. The van der Waals surface area contributed by atoms with Crippen molar-refractivity contribution in [1.82, 2.24) is 0 Å². The maximum Gasteiger partial charge on any atom is 0.119 e. The first kappa shape index (κ1) is 7.99. The first-order chi connectivity index (χ1) is 5.84. The molecule has 1 saturated heterocycles. The molecule has 0 radical (unpaired) electrons. The Morgan fingerprint density at radius 2 is 2.08 bits per heavy atom. The zero-order valence-corrected chi connectivity index (χ0v) is 7.93. The predicted molar refractivity (Wildman–Crippen MR) is 52.9 cm³/mol. The van der Waals surface area contributed by atoms with Gasteiger partial charge in [0.1, 0.15) is 12.4 Å². The summed E-state index contributed by atoms with van der Waals surface area (Å²) in [4.78, 5) is 0. The van der Waals surface area contributed by atoms with Crippen molar-refractivity contribution in [3.05, 3.63) is 29.8 Å². The van der Waals surface area contributed by atoms with Gasteiger partial charge in [0.25, 0.3) is 0 Å². The van der Waals surface area contributed by atoms with Crippen LogP contribution < -0.4 is 4.74 Å². The Hall–Kier alpha value is -0.630. The molecule has 1 nitrogen and oxygen atoms in total. The van der Waals surface area contributed by atoms with Crippen molar-refractivity contribution in [2.75, 3.05) is 12.4 Å². The minimum atomic E-state index is 0.756. The van der Waals surface area contributed by atoms with Gasteiger partial charge in [-0.25, -0.2) is 0 Å². The molecule has 0 N–H and O–H groups in total. The highest BCUT2D eigenvalue weighted by atomic mass is 32.2. The molecule has 0 amide bonds. The third kappa shape index (κ3) is 2.18. The van der Waals surface area contributed by atoms with Crippen molar-refractivity contribution in [2.45, 2.75) is 12.2 Å². The van der Waals surface area contributed by atoms with Crippen LogP contribution in [0.1, 0.15) is 5.56 Å². The average Bonchev–Trinajstić information content (AvgIpc) is 2.87. The smallest absolute Gasteiger partial charge is 0.119 e. The largest absolute Gasteiger partial charge is 0.492 e. The molecule has 0 spiro atoms. The Balaban J connectivity index is 1.89. The number of rotatable bonds is 3. The van der Waals surface area contributed by atoms with E-state index in [0.29, 0.717) is 0 Å². The summed E-state index contributed by atoms with van der Waals surface area (Å²) in [6, 6.07) is 8.22. The quantitative estimate of drug-likeness (QED) is 0.661. The van der Waals surface area contributed by atoms with Crippen LogP contribution in [0.4, 0.5) is 0 Å². The standard InChI is InChI=1S/C10H12OS/c1-8-2-4-9(5-3-8)11-6-10-7-12-10/h2-5,10H,6-7H2,1H3/t10-/m1/s1. The highest BCUT2D eigenvalue weighted by molar-refractivity contribution is 8.06. The summed E-state index contributed by atoms with van der Waals surface area (Å²) in [5.41, 5.74) is 1.28. The molecule has 0 unspecified atom stereocenters. The van der Waals surface area contributed by atoms with E-state index in [1.165, 1.54) is 11.3 Å². The molecule has 1 aliphatic rings. The molecule has 0 aliphatic carbocycles. The van der Waals surface area contributed by atoms with Gasteiger partial charge in [-0.05, 0) is 19.1 Å². The highest BCUT2D eigenvalue weighted by Crippen LogP contribution is 2.30. The van der Waals surface area contributed by atoms with Crippen LogP contribution in [-0.4, -0.2) is 17.6 Å². The number of hydrogen-bond acceptors (Lipinski definition) is 2. The van der Waals surface area contributed by atoms with E-state index < -0.39 is 0 Å². The second-order valence-corrected chi connectivity index (χ2v) is 4.41. The number of thioether (sulfide) groups is 1. The second kappa shape index (κ2) is 3.40. The lowest BCUT2D eigenvalue weighted by Crippen LogP contribution is -2.02. The Morgan fingerprint density at radius 3 is 2.67 bits per heavy atom. The van der Waals surface area contributed by atoms with E-state index in [9.17, 15) is 0 Å². The molecule has 2 heteroatoms. The van der Waals surface area contributed by atoms with E-state index in [1.54, 1.807) is 0 Å². The van der Waals surface area contributed by atoms with Crippen molar-refractivity contribution in [3.63, 3.8) is 0 Å². The van der Waals surface area contributed by atoms with Gasteiger partial charge in [0, 0.05) is 11.0 Å². The van der Waals surface area contributed by atoms with E-state index in [1.807, 2.05) is 23.9 Å². The lowest BCUT2D eigenvalue weighted by Gasteiger charge is -2.03. The summed E-state index contributed by atoms with van der Waals surface area (Å²) in [6.45, 7) is 2.95. The van der Waals surface area contributed by atoms with Crippen LogP contribution in [-0.2, 0) is 0 Å². The van der Waals surface area contributed by atoms with E-state index in [2.05, 4.69) is 19.1 Å². The van der Waals surface area contributed by atoms with Crippen LogP contribution in [0.15, 0.2) is 24.3 Å². The summed E-state index contributed by atoms with van der Waals surface area (Å²) in [6.07, 6.45) is 0. The molecule has 0 aromatic heterocycles. The molecule has 1 atom stereocenters. The van der Waals surface area contributed by atoms with Crippen molar-refractivity contribution >= 4 is 11.8 Å². The van der Waals surface area contributed by atoms with E-state index in [4.69, 9.17) is 4.74 Å². The number of ether oxygens (including phenoxy) is 1. The molecular formula is C10H12OS. The Kier molecular flexibility index (Phi) is 2.26. The minimum absolute atomic E-state index is 0.756. The SMILES string of the molecule is Cc1ccc(OC[C@@H]2CS2)cc1. The molecule has 1 aromatic carbocycles. The van der Waals surface area contributed by atoms with Crippen molar-refractivity contribution < 1.29 is 4.74 Å². The zero-order valence-electron chi connectivity index (χ0n) is 7.12. The monoisotopic (exact) mass is 180 g/mol. The predicted octanol–water partition coefficient (Wildman–Crippen LogP) is 2.49. The third-order valence-electron chi connectivity index (χ3n) is 1.86. The third-order valence-corrected chi connectivity index (χ3v) is 2.80. The van der Waals surface area contributed by atoms with Crippen molar-refractivity contribution in [1.29, 1.82) is 0 Å². The fraction of sp³-hybridized carbons (Fsp3) is 0.400. The van der Waals surface area contributed by atoms with Gasteiger partial charge >= 0.3 is 0 Å². The van der Waals surface area contributed by atoms with Gasteiger partial charge in [-0.3, -0.25) is 0 Å². The van der Waals surface area contributed by atoms with E-state index >= 15 is 0 Å². The number of aryl methyl sites for hydroxylation is 1. The summed E-state index contributed by atoms with van der Waals surface area (Å²) in [7, 11) is 0. The van der Waals surface area contributed by atoms with Crippen LogP contribution in [0.3, 0.4) is 0 Å². The van der Waals surface area contributed by atoms with Gasteiger partial charge in [0.05, 0.1) is 0 Å². The Labute approximate surface area is 77.1 Å². The Morgan fingerprint density at radius 1 is 1.42 bits per heavy atom. The molecule has 0 saturated carbocycles. The van der Waals surface area contributed by atoms with Crippen molar-refractivity contribution in [2.24, 2.45) is 0 Å². The lowest BCUT2D eigenvalue weighted by molar-refractivity contribution is 0.330. The van der Waals surface area contributed by atoms with E-state index in [0.717, 1.165) is 17.6 Å². The molecule has 1 heterocycles. The van der Waals surface area contributed by atoms with Gasteiger partial charge in [0.15, 0.2) is 0 Å². The fourth-order valence-corrected chi connectivity index (χ4v) is 1.38. The molecule has 0 bridgehead atoms. The van der Waals surface area contributed by atoms with Gasteiger partial charge in [-0.15, -0.1) is 0 Å². The minimum Gasteiger partial charge on any atom is -0.492 e. The molecule has 1 fully saturated rings. The van der Waals surface area contributed by atoms with Crippen LogP contribution in [0.25, 0.3) is 0 Å². The van der Waals surface area contributed by atoms with Gasteiger partial charge < -0.3 is 4.74 Å². The number of hydrogen-bond donors (Lipinski definition) is 0. The van der Waals surface area contributed by atoms with Crippen LogP contribution >= 0.6 is 11.8 Å². The summed E-state index contributed by atoms with van der Waals surface area (Å²) < 4.78 is 5.56. The van der Waals surface area contributed by atoms with Crippen LogP contribution in [0, 0.1) is 6.92 Å². The van der Waals surface area contributed by atoms with Gasteiger partial charge in [-0.1, -0.05) is 17.7 Å². The maximum absolute atomic E-state index is 5.56. The highest BCUT2D eigenvalue weighted by Gasteiger charge is 2.22. The Bertz CT molecular complexity index is 251. The fourth-order valence-electron chi connectivity index (χ4n) is 0.988. The summed E-state index contributed by atoms with van der Waals surface area (Å²) in [5, 5.41) is 0.756. The molecule has 2 rings (SSSR count). The molecular weight excluding hydrogens is 168 g/mol. The van der Waals surface area contributed by atoms with E-state index in [-0.39, 0.29) is 0 Å². The topological polar surface area (TPSA) is 9.23 Å². The average molecular weight is 180 g/mol. The summed E-state index contributed by atoms with van der Waals surface area (Å²) in [5.74, 6) is 2.26. The van der Waals surface area contributed by atoms with Crippen LogP contribution in [0.2, 0.25) is 0 Å². The van der Waals surface area contributed by atoms with Crippen molar-refractivity contribution in [3.8, 4) is 5.75 Å². The zero-order chi connectivity index (χ0) is 8.39. The molecule has 64 valence electrons. The normalized spacial score (nSPS) is 20.6.